The minimum atomic E-state index is -1.11. The van der Waals surface area contributed by atoms with Crippen molar-refractivity contribution in [1.29, 1.82) is 0 Å². The Kier molecular flexibility index (Phi) is 6.28. The van der Waals surface area contributed by atoms with Crippen molar-refractivity contribution in [3.63, 3.8) is 0 Å². The molecule has 3 heterocycles. The fourth-order valence-corrected chi connectivity index (χ4v) is 4.74. The average molecular weight is 471 g/mol. The molecule has 32 heavy (non-hydrogen) atoms. The fraction of sp³-hybridized carbons (Fsp3) is 0.190. The summed E-state index contributed by atoms with van der Waals surface area (Å²) in [6.07, 6.45) is 0.123. The monoisotopic (exact) mass is 470 g/mol. The first-order valence-electron chi connectivity index (χ1n) is 9.53. The Bertz CT molecular complexity index is 1150. The molecule has 2 atom stereocenters. The van der Waals surface area contributed by atoms with E-state index in [2.05, 4.69) is 20.4 Å². The molecule has 2 unspecified atom stereocenters. The van der Waals surface area contributed by atoms with Gasteiger partial charge in [0.05, 0.1) is 7.11 Å². The first-order valence-corrected chi connectivity index (χ1v) is 11.3. The number of anilines is 1. The number of hydrogen-bond acceptors (Lipinski definition) is 8. The first kappa shape index (κ1) is 21.7. The Morgan fingerprint density at radius 1 is 1.19 bits per heavy atom. The van der Waals surface area contributed by atoms with Crippen LogP contribution in [0.25, 0.3) is 0 Å². The molecule has 1 saturated heterocycles. The number of ether oxygens (including phenoxy) is 1. The number of urea groups is 1. The summed E-state index contributed by atoms with van der Waals surface area (Å²) in [6, 6.07) is 10.1. The molecule has 4 amide bonds. The van der Waals surface area contributed by atoms with Crippen molar-refractivity contribution >= 4 is 51.6 Å². The topological polar surface area (TPSA) is 118 Å². The van der Waals surface area contributed by atoms with E-state index in [1.807, 2.05) is 35.7 Å². The van der Waals surface area contributed by atoms with Crippen molar-refractivity contribution < 1.29 is 23.9 Å². The number of imide groups is 1. The molecule has 1 aliphatic heterocycles. The SMILES string of the molecule is COC(=O)c1csc(NC(=O)C(Cc2ccccc2)N2C(=O)NC(c3cccs3)C2=O)n1. The van der Waals surface area contributed by atoms with Gasteiger partial charge in [-0.1, -0.05) is 36.4 Å². The van der Waals surface area contributed by atoms with Gasteiger partial charge in [-0.2, -0.15) is 0 Å². The van der Waals surface area contributed by atoms with Gasteiger partial charge in [0.1, 0.15) is 12.1 Å². The Morgan fingerprint density at radius 3 is 2.66 bits per heavy atom. The highest BCUT2D eigenvalue weighted by Gasteiger charge is 2.45. The zero-order valence-electron chi connectivity index (χ0n) is 16.8. The van der Waals surface area contributed by atoms with E-state index in [4.69, 9.17) is 0 Å². The molecule has 0 saturated carbocycles. The van der Waals surface area contributed by atoms with Crippen molar-refractivity contribution in [2.75, 3.05) is 12.4 Å². The van der Waals surface area contributed by atoms with Crippen molar-refractivity contribution in [3.05, 3.63) is 69.4 Å². The average Bonchev–Trinajstić information content (AvgIpc) is 3.54. The second kappa shape index (κ2) is 9.28. The highest BCUT2D eigenvalue weighted by Crippen LogP contribution is 2.28. The lowest BCUT2D eigenvalue weighted by molar-refractivity contribution is -0.134. The maximum Gasteiger partial charge on any atom is 0.357 e. The molecule has 9 nitrogen and oxygen atoms in total. The number of benzene rings is 1. The zero-order valence-corrected chi connectivity index (χ0v) is 18.4. The highest BCUT2D eigenvalue weighted by molar-refractivity contribution is 7.14. The van der Waals surface area contributed by atoms with Crippen LogP contribution in [0.1, 0.15) is 27.0 Å². The van der Waals surface area contributed by atoms with E-state index >= 15 is 0 Å². The third-order valence-electron chi connectivity index (χ3n) is 4.81. The van der Waals surface area contributed by atoms with E-state index in [9.17, 15) is 19.2 Å². The Labute approximate surface area is 191 Å². The molecule has 1 fully saturated rings. The molecule has 1 aromatic carbocycles. The lowest BCUT2D eigenvalue weighted by atomic mass is 10.0. The number of amides is 4. The first-order chi connectivity index (χ1) is 15.5. The highest BCUT2D eigenvalue weighted by atomic mass is 32.1. The van der Waals surface area contributed by atoms with Crippen LogP contribution in [0.2, 0.25) is 0 Å². The van der Waals surface area contributed by atoms with Gasteiger partial charge in [-0.25, -0.2) is 19.5 Å². The second-order valence-corrected chi connectivity index (χ2v) is 8.67. The van der Waals surface area contributed by atoms with Gasteiger partial charge < -0.3 is 15.4 Å². The Hall–Kier alpha value is -3.57. The van der Waals surface area contributed by atoms with Gasteiger partial charge in [0.25, 0.3) is 5.91 Å². The number of thiophene rings is 1. The van der Waals surface area contributed by atoms with E-state index in [0.29, 0.717) is 4.88 Å². The predicted molar refractivity (Wildman–Crippen MR) is 118 cm³/mol. The third-order valence-corrected chi connectivity index (χ3v) is 6.51. The molecule has 2 N–H and O–H groups in total. The van der Waals surface area contributed by atoms with Crippen LogP contribution in [0, 0.1) is 0 Å². The van der Waals surface area contributed by atoms with Crippen LogP contribution in [-0.2, 0) is 20.7 Å². The van der Waals surface area contributed by atoms with E-state index in [-0.39, 0.29) is 17.2 Å². The number of hydrogen-bond donors (Lipinski definition) is 2. The Morgan fingerprint density at radius 2 is 1.97 bits per heavy atom. The molecule has 3 aromatic rings. The van der Waals surface area contributed by atoms with Crippen LogP contribution in [0.4, 0.5) is 9.93 Å². The standard InChI is InChI=1S/C21H18N4O5S2/c1-30-19(28)13-11-32-20(22-13)24-17(26)14(10-12-6-3-2-4-7-12)25-18(27)16(23-21(25)29)15-8-5-9-31-15/h2-9,11,14,16H,10H2,1H3,(H,23,29)(H,22,24,26). The number of thiazole rings is 1. The number of nitrogens with one attached hydrogen (secondary N) is 2. The smallest absolute Gasteiger partial charge is 0.357 e. The van der Waals surface area contributed by atoms with Crippen LogP contribution in [0.3, 0.4) is 0 Å². The number of rotatable bonds is 7. The molecule has 1 aliphatic rings. The number of aromatic nitrogens is 1. The van der Waals surface area contributed by atoms with Crippen LogP contribution in [0.5, 0.6) is 0 Å². The zero-order chi connectivity index (χ0) is 22.7. The summed E-state index contributed by atoms with van der Waals surface area (Å²) >= 11 is 2.39. The number of carbonyl (C=O) groups excluding carboxylic acids is 4. The van der Waals surface area contributed by atoms with Gasteiger partial charge in [0.15, 0.2) is 10.8 Å². The quantitative estimate of drug-likeness (QED) is 0.405. The molecule has 4 rings (SSSR count). The van der Waals surface area contributed by atoms with Crippen molar-refractivity contribution in [1.82, 2.24) is 15.2 Å². The fourth-order valence-electron chi connectivity index (χ4n) is 3.29. The largest absolute Gasteiger partial charge is 0.464 e. The lowest BCUT2D eigenvalue weighted by Crippen LogP contribution is -2.49. The number of carbonyl (C=O) groups is 4. The van der Waals surface area contributed by atoms with E-state index in [0.717, 1.165) is 21.8 Å². The van der Waals surface area contributed by atoms with Crippen LogP contribution in [-0.4, -0.2) is 46.9 Å². The van der Waals surface area contributed by atoms with Gasteiger partial charge in [-0.15, -0.1) is 22.7 Å². The molecule has 0 spiro atoms. The number of esters is 1. The number of nitrogens with zero attached hydrogens (tertiary/aromatic N) is 2. The molecule has 11 heteroatoms. The summed E-state index contributed by atoms with van der Waals surface area (Å²) in [5.74, 6) is -1.71. The van der Waals surface area contributed by atoms with Crippen molar-refractivity contribution in [3.8, 4) is 0 Å². The summed E-state index contributed by atoms with van der Waals surface area (Å²) in [6.45, 7) is 0. The van der Waals surface area contributed by atoms with E-state index in [1.54, 1.807) is 12.1 Å². The van der Waals surface area contributed by atoms with Crippen LogP contribution in [0.15, 0.2) is 53.2 Å². The van der Waals surface area contributed by atoms with Gasteiger partial charge in [-0.3, -0.25) is 9.59 Å². The molecular weight excluding hydrogens is 452 g/mol. The normalized spacial score (nSPS) is 16.5. The summed E-state index contributed by atoms with van der Waals surface area (Å²) in [7, 11) is 1.23. The molecule has 0 aliphatic carbocycles. The summed E-state index contributed by atoms with van der Waals surface area (Å²) in [5.41, 5.74) is 0.836. The van der Waals surface area contributed by atoms with Crippen LogP contribution < -0.4 is 10.6 Å². The summed E-state index contributed by atoms with van der Waals surface area (Å²) in [5, 5.41) is 8.71. The predicted octanol–water partition coefficient (Wildman–Crippen LogP) is 2.83. The van der Waals surface area contributed by atoms with Gasteiger partial charge in [0, 0.05) is 16.7 Å². The summed E-state index contributed by atoms with van der Waals surface area (Å²) in [4.78, 5) is 56.4. The minimum absolute atomic E-state index is 0.0557. The van der Waals surface area contributed by atoms with Gasteiger partial charge in [-0.05, 0) is 17.0 Å². The summed E-state index contributed by atoms with van der Waals surface area (Å²) < 4.78 is 4.63. The lowest BCUT2D eigenvalue weighted by Gasteiger charge is -2.24. The van der Waals surface area contributed by atoms with Crippen LogP contribution >= 0.6 is 22.7 Å². The molecular formula is C21H18N4O5S2. The molecule has 0 bridgehead atoms. The van der Waals surface area contributed by atoms with Gasteiger partial charge in [0.2, 0.25) is 5.91 Å². The third kappa shape index (κ3) is 4.39. The van der Waals surface area contributed by atoms with Crippen molar-refractivity contribution in [2.45, 2.75) is 18.5 Å². The second-order valence-electron chi connectivity index (χ2n) is 6.83. The minimum Gasteiger partial charge on any atom is -0.464 e. The van der Waals surface area contributed by atoms with Crippen molar-refractivity contribution in [2.24, 2.45) is 0 Å². The van der Waals surface area contributed by atoms with E-state index < -0.39 is 35.9 Å². The van der Waals surface area contributed by atoms with E-state index in [1.165, 1.54) is 23.8 Å². The molecule has 0 radical (unpaired) electrons. The number of methoxy groups -OCH3 is 1. The molecule has 2 aromatic heterocycles. The molecule has 164 valence electrons. The maximum absolute atomic E-state index is 13.2. The maximum atomic E-state index is 13.2. The Balaban J connectivity index is 1.60. The van der Waals surface area contributed by atoms with Gasteiger partial charge >= 0.3 is 12.0 Å².